The molecule has 5 rings (SSSR count). The van der Waals surface area contributed by atoms with Crippen LogP contribution in [-0.4, -0.2) is 26.4 Å². The highest BCUT2D eigenvalue weighted by Crippen LogP contribution is 2.25. The maximum Gasteiger partial charge on any atom is 0.169 e. The third-order valence-corrected chi connectivity index (χ3v) is 6.00. The average Bonchev–Trinajstić information content (AvgIpc) is 3.29. The van der Waals surface area contributed by atoms with Crippen molar-refractivity contribution < 1.29 is 4.39 Å². The van der Waals surface area contributed by atoms with Gasteiger partial charge in [0.2, 0.25) is 0 Å². The van der Waals surface area contributed by atoms with Crippen LogP contribution in [0.1, 0.15) is 16.8 Å². The summed E-state index contributed by atoms with van der Waals surface area (Å²) in [6, 6.07) is 14.7. The monoisotopic (exact) mass is 402 g/mol. The first-order chi connectivity index (χ1) is 14.3. The third kappa shape index (κ3) is 3.81. The van der Waals surface area contributed by atoms with Gasteiger partial charge in [0.25, 0.3) is 0 Å². The Labute approximate surface area is 172 Å². The molecule has 0 unspecified atom stereocenters. The summed E-state index contributed by atoms with van der Waals surface area (Å²) in [6.07, 6.45) is 4.72. The molecule has 0 saturated heterocycles. The fourth-order valence-electron chi connectivity index (χ4n) is 3.64. The minimum Gasteiger partial charge on any atom is -0.294 e. The molecule has 0 fully saturated rings. The molecule has 0 radical (unpaired) electrons. The molecule has 3 aromatic heterocycles. The molecule has 1 aliphatic heterocycles. The van der Waals surface area contributed by atoms with Crippen LogP contribution in [0.3, 0.4) is 0 Å². The van der Waals surface area contributed by atoms with Crippen LogP contribution in [0.15, 0.2) is 66.3 Å². The van der Waals surface area contributed by atoms with Crippen molar-refractivity contribution >= 4 is 11.3 Å². The first-order valence-electron chi connectivity index (χ1n) is 9.57. The second-order valence-corrected chi connectivity index (χ2v) is 8.08. The number of nitrogens with zero attached hydrogens (tertiary/aromatic N) is 4. The van der Waals surface area contributed by atoms with Gasteiger partial charge < -0.3 is 0 Å². The molecule has 0 spiro atoms. The SMILES string of the molecule is Fc1ccccc1-c1ccc(CN2CCc3nc(-c4cccs4)ncc3C2)cn1. The first-order valence-corrected chi connectivity index (χ1v) is 10.4. The number of halogens is 1. The number of thiophene rings is 1. The van der Waals surface area contributed by atoms with Gasteiger partial charge in [-0.05, 0) is 35.2 Å². The summed E-state index contributed by atoms with van der Waals surface area (Å²) in [5.41, 5.74) is 4.64. The van der Waals surface area contributed by atoms with Gasteiger partial charge in [-0.1, -0.05) is 24.3 Å². The van der Waals surface area contributed by atoms with Crippen LogP contribution in [0.5, 0.6) is 0 Å². The van der Waals surface area contributed by atoms with Crippen molar-refractivity contribution in [3.8, 4) is 22.0 Å². The lowest BCUT2D eigenvalue weighted by molar-refractivity contribution is 0.242. The molecular weight excluding hydrogens is 383 g/mol. The van der Waals surface area contributed by atoms with Crippen LogP contribution in [0.2, 0.25) is 0 Å². The molecule has 0 N–H and O–H groups in total. The standard InChI is InChI=1S/C23H19FN4S/c24-19-5-2-1-4-18(19)21-8-7-16(12-25-21)14-28-10-9-20-17(15-28)13-26-23(27-20)22-6-3-11-29-22/h1-8,11-13H,9-10,14-15H2. The lowest BCUT2D eigenvalue weighted by Crippen LogP contribution is -2.31. The summed E-state index contributed by atoms with van der Waals surface area (Å²) in [4.78, 5) is 17.3. The van der Waals surface area contributed by atoms with Gasteiger partial charge in [0.1, 0.15) is 5.82 Å². The average molecular weight is 402 g/mol. The zero-order valence-electron chi connectivity index (χ0n) is 15.8. The number of aromatic nitrogens is 3. The van der Waals surface area contributed by atoms with E-state index in [4.69, 9.17) is 4.98 Å². The normalized spacial score (nSPS) is 14.0. The molecule has 1 aromatic carbocycles. The number of pyridine rings is 1. The van der Waals surface area contributed by atoms with E-state index in [2.05, 4.69) is 20.9 Å². The number of fused-ring (bicyclic) bond motifs is 1. The lowest BCUT2D eigenvalue weighted by atomic mass is 10.1. The Morgan fingerprint density at radius 1 is 1.00 bits per heavy atom. The van der Waals surface area contributed by atoms with Gasteiger partial charge in [0.15, 0.2) is 5.82 Å². The molecule has 0 amide bonds. The molecule has 4 nitrogen and oxygen atoms in total. The van der Waals surface area contributed by atoms with Crippen molar-refractivity contribution in [2.45, 2.75) is 19.5 Å². The van der Waals surface area contributed by atoms with Crippen LogP contribution in [0, 0.1) is 5.82 Å². The largest absolute Gasteiger partial charge is 0.294 e. The molecule has 0 saturated carbocycles. The van der Waals surface area contributed by atoms with Crippen LogP contribution in [0.25, 0.3) is 22.0 Å². The van der Waals surface area contributed by atoms with Crippen molar-refractivity contribution in [3.05, 3.63) is 88.9 Å². The zero-order valence-corrected chi connectivity index (χ0v) is 16.6. The molecule has 29 heavy (non-hydrogen) atoms. The van der Waals surface area contributed by atoms with Crippen LogP contribution in [-0.2, 0) is 19.5 Å². The number of hydrogen-bond donors (Lipinski definition) is 0. The molecule has 144 valence electrons. The highest BCUT2D eigenvalue weighted by atomic mass is 32.1. The van der Waals surface area contributed by atoms with E-state index in [1.165, 1.54) is 11.6 Å². The molecule has 6 heteroatoms. The van der Waals surface area contributed by atoms with Crippen molar-refractivity contribution in [2.75, 3.05) is 6.54 Å². The molecule has 4 aromatic rings. The summed E-state index contributed by atoms with van der Waals surface area (Å²) >= 11 is 1.66. The van der Waals surface area contributed by atoms with Crippen molar-refractivity contribution in [1.29, 1.82) is 0 Å². The topological polar surface area (TPSA) is 41.9 Å². The summed E-state index contributed by atoms with van der Waals surface area (Å²) in [6.45, 7) is 2.58. The van der Waals surface area contributed by atoms with Crippen LogP contribution in [0.4, 0.5) is 4.39 Å². The van der Waals surface area contributed by atoms with Gasteiger partial charge in [-0.25, -0.2) is 14.4 Å². The van der Waals surface area contributed by atoms with E-state index in [0.717, 1.165) is 48.0 Å². The molecule has 0 aliphatic carbocycles. The molecular formula is C23H19FN4S. The predicted octanol–water partition coefficient (Wildman–Crippen LogP) is 4.96. The smallest absolute Gasteiger partial charge is 0.169 e. The minimum atomic E-state index is -0.248. The van der Waals surface area contributed by atoms with Crippen molar-refractivity contribution in [1.82, 2.24) is 19.9 Å². The van der Waals surface area contributed by atoms with Gasteiger partial charge in [-0.2, -0.15) is 0 Å². The van der Waals surface area contributed by atoms with Gasteiger partial charge in [-0.3, -0.25) is 9.88 Å². The van der Waals surface area contributed by atoms with E-state index in [0.29, 0.717) is 11.3 Å². The lowest BCUT2D eigenvalue weighted by Gasteiger charge is -2.28. The highest BCUT2D eigenvalue weighted by Gasteiger charge is 2.19. The van der Waals surface area contributed by atoms with E-state index in [1.54, 1.807) is 23.5 Å². The van der Waals surface area contributed by atoms with Gasteiger partial charge in [0, 0.05) is 49.6 Å². The maximum absolute atomic E-state index is 13.9. The summed E-state index contributed by atoms with van der Waals surface area (Å²) in [7, 11) is 0. The van der Waals surface area contributed by atoms with Crippen LogP contribution < -0.4 is 0 Å². The number of rotatable bonds is 4. The van der Waals surface area contributed by atoms with Crippen LogP contribution >= 0.6 is 11.3 Å². The highest BCUT2D eigenvalue weighted by molar-refractivity contribution is 7.13. The zero-order chi connectivity index (χ0) is 19.6. The fraction of sp³-hybridized carbons (Fsp3) is 0.174. The quantitative estimate of drug-likeness (QED) is 0.484. The van der Waals surface area contributed by atoms with E-state index < -0.39 is 0 Å². The van der Waals surface area contributed by atoms with Gasteiger partial charge >= 0.3 is 0 Å². The molecule has 0 atom stereocenters. The second-order valence-electron chi connectivity index (χ2n) is 7.14. The molecule has 0 bridgehead atoms. The maximum atomic E-state index is 13.9. The number of hydrogen-bond acceptors (Lipinski definition) is 5. The second kappa shape index (κ2) is 7.81. The Morgan fingerprint density at radius 2 is 1.93 bits per heavy atom. The third-order valence-electron chi connectivity index (χ3n) is 5.14. The molecule has 4 heterocycles. The van der Waals surface area contributed by atoms with Crippen molar-refractivity contribution in [3.63, 3.8) is 0 Å². The Bertz CT molecular complexity index is 1130. The predicted molar refractivity (Wildman–Crippen MR) is 113 cm³/mol. The first kappa shape index (κ1) is 18.1. The minimum absolute atomic E-state index is 0.248. The fourth-order valence-corrected chi connectivity index (χ4v) is 4.30. The summed E-state index contributed by atoms with van der Waals surface area (Å²) in [5, 5.41) is 2.05. The number of benzene rings is 1. The van der Waals surface area contributed by atoms with E-state index in [1.807, 2.05) is 42.0 Å². The van der Waals surface area contributed by atoms with E-state index >= 15 is 0 Å². The Hall–Kier alpha value is -2.96. The Kier molecular flexibility index (Phi) is 4.87. The van der Waals surface area contributed by atoms with E-state index in [-0.39, 0.29) is 5.82 Å². The Morgan fingerprint density at radius 3 is 2.72 bits per heavy atom. The summed E-state index contributed by atoms with van der Waals surface area (Å²) < 4.78 is 13.9. The van der Waals surface area contributed by atoms with Gasteiger partial charge in [-0.15, -0.1) is 11.3 Å². The Balaban J connectivity index is 1.28. The van der Waals surface area contributed by atoms with Crippen molar-refractivity contribution in [2.24, 2.45) is 0 Å². The van der Waals surface area contributed by atoms with E-state index in [9.17, 15) is 4.39 Å². The van der Waals surface area contributed by atoms with Gasteiger partial charge in [0.05, 0.1) is 16.3 Å². The molecule has 1 aliphatic rings. The summed E-state index contributed by atoms with van der Waals surface area (Å²) in [5.74, 6) is 0.572.